The van der Waals surface area contributed by atoms with Crippen LogP contribution in [0, 0.1) is 0 Å². The molecule has 1 aliphatic rings. The molecule has 1 heterocycles. The molecule has 1 aliphatic heterocycles. The molecule has 2 N–H and O–H groups in total. The summed E-state index contributed by atoms with van der Waals surface area (Å²) in [6.07, 6.45) is 1.71. The number of sulfonamides is 1. The third kappa shape index (κ3) is 3.93. The SMILES string of the molecule is Cl.NC1CCCN(S(=O)(=O)c2ccc(-c3ccccc3)cc2)C1. The Hall–Kier alpha value is -1.40. The summed E-state index contributed by atoms with van der Waals surface area (Å²) in [5.41, 5.74) is 7.98. The molecule has 0 saturated carbocycles. The molecule has 0 aromatic heterocycles. The number of hydrogen-bond acceptors (Lipinski definition) is 3. The number of piperidine rings is 1. The van der Waals surface area contributed by atoms with Gasteiger partial charge < -0.3 is 5.73 Å². The molecule has 0 bridgehead atoms. The van der Waals surface area contributed by atoms with Crippen LogP contribution in [0.15, 0.2) is 59.5 Å². The molecule has 2 aromatic rings. The van der Waals surface area contributed by atoms with Crippen LogP contribution in [0.1, 0.15) is 12.8 Å². The highest BCUT2D eigenvalue weighted by Gasteiger charge is 2.28. The van der Waals surface area contributed by atoms with Gasteiger partial charge in [0.1, 0.15) is 0 Å². The van der Waals surface area contributed by atoms with Crippen molar-refractivity contribution in [3.8, 4) is 11.1 Å². The van der Waals surface area contributed by atoms with Gasteiger partial charge in [0.2, 0.25) is 10.0 Å². The van der Waals surface area contributed by atoms with Gasteiger partial charge in [0.05, 0.1) is 4.90 Å². The number of nitrogens with zero attached hydrogens (tertiary/aromatic N) is 1. The molecular formula is C17H21ClN2O2S. The number of hydrogen-bond donors (Lipinski definition) is 1. The van der Waals surface area contributed by atoms with E-state index in [-0.39, 0.29) is 18.4 Å². The van der Waals surface area contributed by atoms with Crippen LogP contribution < -0.4 is 5.73 Å². The molecule has 124 valence electrons. The summed E-state index contributed by atoms with van der Waals surface area (Å²) in [5.74, 6) is 0. The maximum Gasteiger partial charge on any atom is 0.243 e. The molecule has 2 aromatic carbocycles. The van der Waals surface area contributed by atoms with E-state index in [1.54, 1.807) is 12.1 Å². The van der Waals surface area contributed by atoms with Crippen LogP contribution in [-0.2, 0) is 10.0 Å². The van der Waals surface area contributed by atoms with Gasteiger partial charge in [-0.2, -0.15) is 4.31 Å². The van der Waals surface area contributed by atoms with Gasteiger partial charge in [0.15, 0.2) is 0 Å². The second kappa shape index (κ2) is 7.45. The van der Waals surface area contributed by atoms with Crippen molar-refractivity contribution in [2.45, 2.75) is 23.8 Å². The summed E-state index contributed by atoms with van der Waals surface area (Å²) in [7, 11) is -3.44. The zero-order valence-corrected chi connectivity index (χ0v) is 14.4. The molecule has 6 heteroatoms. The maximum absolute atomic E-state index is 12.7. The van der Waals surface area contributed by atoms with E-state index in [9.17, 15) is 8.42 Å². The lowest BCUT2D eigenvalue weighted by molar-refractivity contribution is 0.316. The van der Waals surface area contributed by atoms with Crippen LogP contribution >= 0.6 is 12.4 Å². The summed E-state index contributed by atoms with van der Waals surface area (Å²) >= 11 is 0. The van der Waals surface area contributed by atoms with Crippen LogP contribution in [0.25, 0.3) is 11.1 Å². The van der Waals surface area contributed by atoms with Crippen molar-refractivity contribution >= 4 is 22.4 Å². The first-order valence-electron chi connectivity index (χ1n) is 7.48. The predicted molar refractivity (Wildman–Crippen MR) is 95.1 cm³/mol. The Morgan fingerprint density at radius 1 is 0.957 bits per heavy atom. The van der Waals surface area contributed by atoms with Crippen molar-refractivity contribution in [2.75, 3.05) is 13.1 Å². The highest BCUT2D eigenvalue weighted by molar-refractivity contribution is 7.89. The summed E-state index contributed by atoms with van der Waals surface area (Å²) in [5, 5.41) is 0. The lowest BCUT2D eigenvalue weighted by Gasteiger charge is -2.29. The van der Waals surface area contributed by atoms with E-state index in [4.69, 9.17) is 5.73 Å². The number of nitrogens with two attached hydrogens (primary N) is 1. The minimum absolute atomic E-state index is 0. The molecule has 3 rings (SSSR count). The molecule has 1 atom stereocenters. The zero-order valence-electron chi connectivity index (χ0n) is 12.8. The van der Waals surface area contributed by atoms with Crippen LogP contribution in [0.5, 0.6) is 0 Å². The lowest BCUT2D eigenvalue weighted by Crippen LogP contribution is -2.45. The van der Waals surface area contributed by atoms with Gasteiger partial charge in [0.25, 0.3) is 0 Å². The number of benzene rings is 2. The van der Waals surface area contributed by atoms with E-state index >= 15 is 0 Å². The standard InChI is InChI=1S/C17H20N2O2S.ClH/c18-16-7-4-12-19(13-16)22(20,21)17-10-8-15(9-11-17)14-5-2-1-3-6-14;/h1-3,5-6,8-11,16H,4,7,12-13,18H2;1H. The van der Waals surface area contributed by atoms with E-state index in [2.05, 4.69) is 0 Å². The summed E-state index contributed by atoms with van der Waals surface area (Å²) < 4.78 is 26.8. The molecule has 1 fully saturated rings. The fourth-order valence-electron chi connectivity index (χ4n) is 2.79. The fourth-order valence-corrected chi connectivity index (χ4v) is 4.33. The molecule has 23 heavy (non-hydrogen) atoms. The predicted octanol–water partition coefficient (Wildman–Crippen LogP) is 2.89. The first-order chi connectivity index (χ1) is 10.6. The third-order valence-corrected chi connectivity index (χ3v) is 5.90. The van der Waals surface area contributed by atoms with Gasteiger partial charge in [0, 0.05) is 19.1 Å². The van der Waals surface area contributed by atoms with E-state index < -0.39 is 10.0 Å². The van der Waals surface area contributed by atoms with E-state index in [0.29, 0.717) is 18.0 Å². The normalized spacial score (nSPS) is 19.1. The summed E-state index contributed by atoms with van der Waals surface area (Å²) in [6.45, 7) is 0.958. The summed E-state index contributed by atoms with van der Waals surface area (Å²) in [4.78, 5) is 0.335. The van der Waals surface area contributed by atoms with Gasteiger partial charge in [-0.05, 0) is 36.1 Å². The first-order valence-corrected chi connectivity index (χ1v) is 8.92. The molecule has 0 amide bonds. The molecule has 1 saturated heterocycles. The highest BCUT2D eigenvalue weighted by atomic mass is 35.5. The largest absolute Gasteiger partial charge is 0.327 e. The minimum Gasteiger partial charge on any atom is -0.327 e. The Bertz CT molecular complexity index is 733. The number of rotatable bonds is 3. The second-order valence-corrected chi connectivity index (χ2v) is 7.59. The van der Waals surface area contributed by atoms with Crippen molar-refractivity contribution in [1.29, 1.82) is 0 Å². The van der Waals surface area contributed by atoms with Crippen molar-refractivity contribution < 1.29 is 8.42 Å². The monoisotopic (exact) mass is 352 g/mol. The van der Waals surface area contributed by atoms with Gasteiger partial charge in [-0.1, -0.05) is 42.5 Å². The fraction of sp³-hybridized carbons (Fsp3) is 0.294. The lowest BCUT2D eigenvalue weighted by atomic mass is 10.1. The zero-order chi connectivity index (χ0) is 15.6. The van der Waals surface area contributed by atoms with E-state index in [1.165, 1.54) is 4.31 Å². The summed E-state index contributed by atoms with van der Waals surface area (Å²) in [6, 6.07) is 16.9. The Balaban J connectivity index is 0.00000192. The van der Waals surface area contributed by atoms with E-state index in [0.717, 1.165) is 24.0 Å². The average molecular weight is 353 g/mol. The van der Waals surface area contributed by atoms with Crippen LogP contribution in [0.3, 0.4) is 0 Å². The topological polar surface area (TPSA) is 63.4 Å². The van der Waals surface area contributed by atoms with Crippen molar-refractivity contribution in [2.24, 2.45) is 5.73 Å². The molecule has 0 radical (unpaired) electrons. The Kier molecular flexibility index (Phi) is 5.81. The van der Waals surface area contributed by atoms with Gasteiger partial charge in [-0.3, -0.25) is 0 Å². The Morgan fingerprint density at radius 2 is 1.57 bits per heavy atom. The smallest absolute Gasteiger partial charge is 0.243 e. The first kappa shape index (κ1) is 17.9. The van der Waals surface area contributed by atoms with Gasteiger partial charge >= 0.3 is 0 Å². The molecule has 4 nitrogen and oxygen atoms in total. The van der Waals surface area contributed by atoms with Crippen LogP contribution in [0.2, 0.25) is 0 Å². The maximum atomic E-state index is 12.7. The van der Waals surface area contributed by atoms with Crippen LogP contribution in [0.4, 0.5) is 0 Å². The third-order valence-electron chi connectivity index (χ3n) is 4.02. The minimum atomic E-state index is -3.44. The molecule has 0 spiro atoms. The number of halogens is 1. The Labute approximate surface area is 143 Å². The molecule has 0 aliphatic carbocycles. The highest BCUT2D eigenvalue weighted by Crippen LogP contribution is 2.24. The average Bonchev–Trinajstić information content (AvgIpc) is 2.56. The molecule has 1 unspecified atom stereocenters. The van der Waals surface area contributed by atoms with Crippen molar-refractivity contribution in [3.05, 3.63) is 54.6 Å². The van der Waals surface area contributed by atoms with E-state index in [1.807, 2.05) is 42.5 Å². The molecular weight excluding hydrogens is 332 g/mol. The van der Waals surface area contributed by atoms with Gasteiger partial charge in [-0.25, -0.2) is 8.42 Å². The van der Waals surface area contributed by atoms with Crippen molar-refractivity contribution in [1.82, 2.24) is 4.31 Å². The second-order valence-electron chi connectivity index (χ2n) is 5.66. The Morgan fingerprint density at radius 3 is 2.17 bits per heavy atom. The van der Waals surface area contributed by atoms with Crippen molar-refractivity contribution in [3.63, 3.8) is 0 Å². The van der Waals surface area contributed by atoms with Crippen LogP contribution in [-0.4, -0.2) is 31.9 Å². The quantitative estimate of drug-likeness (QED) is 0.923. The van der Waals surface area contributed by atoms with Gasteiger partial charge in [-0.15, -0.1) is 12.4 Å².